The molecule has 5 rings (SSSR count). The van der Waals surface area contributed by atoms with Crippen molar-refractivity contribution in [1.82, 2.24) is 10.2 Å². The maximum Gasteiger partial charge on any atom is 0.264 e. The highest BCUT2D eigenvalue weighted by atomic mass is 35.5. The van der Waals surface area contributed by atoms with E-state index in [1.54, 1.807) is 60.7 Å². The molecule has 8 nitrogen and oxygen atoms in total. The Morgan fingerprint density at radius 1 is 0.896 bits per heavy atom. The number of hydrogen-bond acceptors (Lipinski definition) is 5. The molecule has 1 fully saturated rings. The van der Waals surface area contributed by atoms with E-state index in [2.05, 4.69) is 5.32 Å². The zero-order valence-corrected chi connectivity index (χ0v) is 29.1. The molecule has 1 aliphatic rings. The molecular formula is C37H39Cl2N3O5S. The molecule has 48 heavy (non-hydrogen) atoms. The highest BCUT2D eigenvalue weighted by molar-refractivity contribution is 7.92. The summed E-state index contributed by atoms with van der Waals surface area (Å²) < 4.78 is 35.0. The van der Waals surface area contributed by atoms with Crippen LogP contribution in [0, 0.1) is 0 Å². The molecule has 0 unspecified atom stereocenters. The van der Waals surface area contributed by atoms with Crippen molar-refractivity contribution in [1.29, 1.82) is 0 Å². The van der Waals surface area contributed by atoms with Gasteiger partial charge < -0.3 is 15.0 Å². The number of nitrogens with one attached hydrogen (secondary N) is 1. The zero-order chi connectivity index (χ0) is 34.1. The van der Waals surface area contributed by atoms with Crippen LogP contribution in [0.2, 0.25) is 10.0 Å². The van der Waals surface area contributed by atoms with Crippen molar-refractivity contribution in [2.75, 3.05) is 17.5 Å². The number of anilines is 1. The Labute approximate surface area is 292 Å². The van der Waals surface area contributed by atoms with Gasteiger partial charge in [-0.3, -0.25) is 13.9 Å². The SMILES string of the molecule is CCOc1ccc(N(CC(=O)N(Cc2ccc(Cl)cc2Cl)[C@H](Cc2ccccc2)C(=O)NC2CCCC2)S(=O)(=O)c2ccccc2)cc1. The zero-order valence-electron chi connectivity index (χ0n) is 26.7. The lowest BCUT2D eigenvalue weighted by atomic mass is 10.0. The summed E-state index contributed by atoms with van der Waals surface area (Å²) in [4.78, 5) is 30.3. The van der Waals surface area contributed by atoms with Crippen LogP contribution in [0.5, 0.6) is 5.75 Å². The predicted molar refractivity (Wildman–Crippen MR) is 190 cm³/mol. The van der Waals surface area contributed by atoms with E-state index in [-0.39, 0.29) is 35.5 Å². The van der Waals surface area contributed by atoms with Gasteiger partial charge in [-0.2, -0.15) is 0 Å². The molecule has 0 spiro atoms. The van der Waals surface area contributed by atoms with Crippen molar-refractivity contribution in [3.05, 3.63) is 124 Å². The molecular weight excluding hydrogens is 669 g/mol. The fourth-order valence-corrected chi connectivity index (χ4v) is 7.78. The van der Waals surface area contributed by atoms with E-state index in [9.17, 15) is 18.0 Å². The van der Waals surface area contributed by atoms with Crippen LogP contribution in [0.1, 0.15) is 43.7 Å². The number of halogens is 2. The van der Waals surface area contributed by atoms with E-state index in [4.69, 9.17) is 27.9 Å². The molecule has 252 valence electrons. The maximum absolute atomic E-state index is 14.7. The summed E-state index contributed by atoms with van der Waals surface area (Å²) in [6.45, 7) is 1.68. The average Bonchev–Trinajstić information content (AvgIpc) is 3.60. The van der Waals surface area contributed by atoms with Crippen LogP contribution in [-0.4, -0.2) is 50.4 Å². The summed E-state index contributed by atoms with van der Waals surface area (Å²) in [5, 5.41) is 3.93. The summed E-state index contributed by atoms with van der Waals surface area (Å²) >= 11 is 12.8. The average molecular weight is 709 g/mol. The smallest absolute Gasteiger partial charge is 0.264 e. The van der Waals surface area contributed by atoms with Gasteiger partial charge in [0.1, 0.15) is 18.3 Å². The number of carbonyl (C=O) groups is 2. The van der Waals surface area contributed by atoms with Crippen LogP contribution in [0.3, 0.4) is 0 Å². The molecule has 0 aromatic heterocycles. The minimum Gasteiger partial charge on any atom is -0.494 e. The van der Waals surface area contributed by atoms with Gasteiger partial charge in [0, 0.05) is 29.1 Å². The fraction of sp³-hybridized carbons (Fsp3) is 0.297. The fourth-order valence-electron chi connectivity index (χ4n) is 5.88. The van der Waals surface area contributed by atoms with Gasteiger partial charge in [-0.15, -0.1) is 0 Å². The van der Waals surface area contributed by atoms with Gasteiger partial charge in [0.2, 0.25) is 11.8 Å². The highest BCUT2D eigenvalue weighted by Crippen LogP contribution is 2.29. The number of carbonyl (C=O) groups excluding carboxylic acids is 2. The van der Waals surface area contributed by atoms with Gasteiger partial charge in [-0.05, 0) is 79.4 Å². The van der Waals surface area contributed by atoms with Gasteiger partial charge in [-0.1, -0.05) is 90.6 Å². The number of ether oxygens (including phenoxy) is 1. The van der Waals surface area contributed by atoms with Gasteiger partial charge in [0.15, 0.2) is 0 Å². The molecule has 0 aliphatic heterocycles. The van der Waals surface area contributed by atoms with Crippen LogP contribution in [0.15, 0.2) is 108 Å². The topological polar surface area (TPSA) is 96.0 Å². The standard InChI is InChI=1S/C37H39Cl2N3O5S/c1-2-47-32-21-19-31(20-22-32)42(48(45,46)33-15-7-4-8-16-33)26-36(43)41(25-28-17-18-29(38)24-34(28)39)35(23-27-11-5-3-6-12-27)37(44)40-30-13-9-10-14-30/h3-8,11-12,15-22,24,30,35H,2,9-10,13-14,23,25-26H2,1H3,(H,40,44)/t35-/m1/s1. The second kappa shape index (κ2) is 16.4. The monoisotopic (exact) mass is 707 g/mol. The van der Waals surface area contributed by atoms with E-state index < -0.39 is 28.5 Å². The number of nitrogens with zero attached hydrogens (tertiary/aromatic N) is 2. The quantitative estimate of drug-likeness (QED) is 0.149. The van der Waals surface area contributed by atoms with Crippen molar-refractivity contribution in [2.45, 2.75) is 62.6 Å². The van der Waals surface area contributed by atoms with Crippen LogP contribution in [0.25, 0.3) is 0 Å². The Hall–Kier alpha value is -4.05. The Bertz CT molecular complexity index is 1790. The van der Waals surface area contributed by atoms with E-state index in [1.165, 1.54) is 17.0 Å². The molecule has 1 atom stereocenters. The molecule has 1 aliphatic carbocycles. The van der Waals surface area contributed by atoms with Gasteiger partial charge in [-0.25, -0.2) is 8.42 Å². The van der Waals surface area contributed by atoms with E-state index >= 15 is 0 Å². The van der Waals surface area contributed by atoms with Crippen molar-refractivity contribution in [3.8, 4) is 5.75 Å². The van der Waals surface area contributed by atoms with Crippen LogP contribution < -0.4 is 14.4 Å². The Balaban J connectivity index is 1.57. The number of hydrogen-bond donors (Lipinski definition) is 1. The first kappa shape index (κ1) is 35.3. The number of amides is 2. The van der Waals surface area contributed by atoms with Crippen molar-refractivity contribution < 1.29 is 22.7 Å². The van der Waals surface area contributed by atoms with Crippen LogP contribution in [0.4, 0.5) is 5.69 Å². The third kappa shape index (κ3) is 8.89. The van der Waals surface area contributed by atoms with Crippen molar-refractivity contribution in [2.24, 2.45) is 0 Å². The Morgan fingerprint density at radius 3 is 2.17 bits per heavy atom. The summed E-state index contributed by atoms with van der Waals surface area (Å²) in [5.41, 5.74) is 1.69. The van der Waals surface area contributed by atoms with E-state index in [0.29, 0.717) is 28.0 Å². The Kier molecular flexibility index (Phi) is 12.0. The summed E-state index contributed by atoms with van der Waals surface area (Å²) in [6.07, 6.45) is 3.98. The first-order valence-corrected chi connectivity index (χ1v) is 18.2. The third-order valence-corrected chi connectivity index (χ3v) is 10.7. The lowest BCUT2D eigenvalue weighted by Crippen LogP contribution is -2.54. The first-order chi connectivity index (χ1) is 23.2. The predicted octanol–water partition coefficient (Wildman–Crippen LogP) is 7.29. The maximum atomic E-state index is 14.7. The molecule has 0 saturated heterocycles. The van der Waals surface area contributed by atoms with Crippen LogP contribution in [-0.2, 0) is 32.6 Å². The number of rotatable bonds is 14. The molecule has 4 aromatic rings. The molecule has 11 heteroatoms. The van der Waals surface area contributed by atoms with E-state index in [1.807, 2.05) is 37.3 Å². The van der Waals surface area contributed by atoms with Gasteiger partial charge in [0.25, 0.3) is 10.0 Å². The number of benzene rings is 4. The lowest BCUT2D eigenvalue weighted by molar-refractivity contribution is -0.140. The molecule has 1 N–H and O–H groups in total. The molecule has 0 radical (unpaired) electrons. The highest BCUT2D eigenvalue weighted by Gasteiger charge is 2.36. The Morgan fingerprint density at radius 2 is 1.54 bits per heavy atom. The van der Waals surface area contributed by atoms with E-state index in [0.717, 1.165) is 35.6 Å². The second-order valence-electron chi connectivity index (χ2n) is 11.7. The van der Waals surface area contributed by atoms with Crippen molar-refractivity contribution >= 4 is 50.7 Å². The summed E-state index contributed by atoms with van der Waals surface area (Å²) in [5.74, 6) is -0.310. The second-order valence-corrected chi connectivity index (χ2v) is 14.4. The summed E-state index contributed by atoms with van der Waals surface area (Å²) in [7, 11) is -4.22. The first-order valence-electron chi connectivity index (χ1n) is 16.0. The molecule has 2 amide bonds. The minimum absolute atomic E-state index is 0.00524. The molecule has 0 heterocycles. The largest absolute Gasteiger partial charge is 0.494 e. The summed E-state index contributed by atoms with van der Waals surface area (Å²) in [6, 6.07) is 27.9. The van der Waals surface area contributed by atoms with Crippen molar-refractivity contribution in [3.63, 3.8) is 0 Å². The molecule has 4 aromatic carbocycles. The normalized spacial score (nSPS) is 13.9. The van der Waals surface area contributed by atoms with Crippen LogP contribution >= 0.6 is 23.2 Å². The molecule has 0 bridgehead atoms. The molecule has 1 saturated carbocycles. The van der Waals surface area contributed by atoms with Gasteiger partial charge in [0.05, 0.1) is 17.2 Å². The van der Waals surface area contributed by atoms with Gasteiger partial charge >= 0.3 is 0 Å². The lowest BCUT2D eigenvalue weighted by Gasteiger charge is -2.34. The number of sulfonamides is 1. The third-order valence-electron chi connectivity index (χ3n) is 8.37. The minimum atomic E-state index is -4.22.